The molecule has 3 nitrogen and oxygen atoms in total. The molecule has 1 heterocycles. The van der Waals surface area contributed by atoms with E-state index in [1.807, 2.05) is 0 Å². The Labute approximate surface area is 109 Å². The summed E-state index contributed by atoms with van der Waals surface area (Å²) in [7, 11) is 1.74. The van der Waals surface area contributed by atoms with E-state index >= 15 is 0 Å². The van der Waals surface area contributed by atoms with E-state index in [0.29, 0.717) is 0 Å². The highest BCUT2D eigenvalue weighted by Gasteiger charge is 2.05. The quantitative estimate of drug-likeness (QED) is 0.760. The average molecular weight is 246 g/mol. The van der Waals surface area contributed by atoms with Crippen molar-refractivity contribution in [2.45, 2.75) is 26.4 Å². The second-order valence-electron chi connectivity index (χ2n) is 4.48. The molecule has 98 valence electrons. The highest BCUT2D eigenvalue weighted by molar-refractivity contribution is 5.83. The topological polar surface area (TPSA) is 26.2 Å². The second kappa shape index (κ2) is 6.57. The van der Waals surface area contributed by atoms with Gasteiger partial charge in [0.1, 0.15) is 0 Å². The summed E-state index contributed by atoms with van der Waals surface area (Å²) >= 11 is 0. The maximum atomic E-state index is 5.04. The average Bonchev–Trinajstić information content (AvgIpc) is 2.77. The molecular weight excluding hydrogens is 224 g/mol. The van der Waals surface area contributed by atoms with E-state index in [9.17, 15) is 0 Å². The van der Waals surface area contributed by atoms with Crippen molar-refractivity contribution in [3.63, 3.8) is 0 Å². The first-order valence-corrected chi connectivity index (χ1v) is 6.63. The molecule has 3 heteroatoms. The van der Waals surface area contributed by atoms with Crippen LogP contribution in [0.15, 0.2) is 30.5 Å². The Morgan fingerprint density at radius 2 is 2.11 bits per heavy atom. The molecule has 0 spiro atoms. The molecule has 1 N–H and O–H groups in total. The number of nitrogens with one attached hydrogen (secondary N) is 1. The predicted octanol–water partition coefficient (Wildman–Crippen LogP) is 2.79. The van der Waals surface area contributed by atoms with Crippen molar-refractivity contribution in [3.05, 3.63) is 36.0 Å². The van der Waals surface area contributed by atoms with E-state index in [2.05, 4.69) is 47.3 Å². The summed E-state index contributed by atoms with van der Waals surface area (Å²) in [5, 5.41) is 4.83. The normalized spacial score (nSPS) is 11.2. The number of aryl methyl sites for hydroxylation is 1. The van der Waals surface area contributed by atoms with Crippen LogP contribution in [-0.2, 0) is 17.8 Å². The number of aromatic nitrogens is 1. The summed E-state index contributed by atoms with van der Waals surface area (Å²) in [5.41, 5.74) is 2.71. The Balaban J connectivity index is 2.04. The lowest BCUT2D eigenvalue weighted by atomic mass is 10.2. The van der Waals surface area contributed by atoms with E-state index in [1.165, 1.54) is 16.5 Å². The lowest BCUT2D eigenvalue weighted by Crippen LogP contribution is -2.15. The number of fused-ring (bicyclic) bond motifs is 1. The first-order chi connectivity index (χ1) is 8.86. The predicted molar refractivity (Wildman–Crippen MR) is 75.8 cm³/mol. The van der Waals surface area contributed by atoms with E-state index in [-0.39, 0.29) is 0 Å². The lowest BCUT2D eigenvalue weighted by Gasteiger charge is -2.03. The van der Waals surface area contributed by atoms with Crippen molar-refractivity contribution in [1.29, 1.82) is 0 Å². The van der Waals surface area contributed by atoms with Crippen LogP contribution < -0.4 is 5.32 Å². The van der Waals surface area contributed by atoms with Gasteiger partial charge in [-0.2, -0.15) is 0 Å². The van der Waals surface area contributed by atoms with Crippen LogP contribution in [-0.4, -0.2) is 24.8 Å². The SMILES string of the molecule is CCn1cc(CNCCCOC)c2ccccc21. The third kappa shape index (κ3) is 2.92. The van der Waals surface area contributed by atoms with E-state index in [0.717, 1.165) is 32.7 Å². The van der Waals surface area contributed by atoms with E-state index in [1.54, 1.807) is 7.11 Å². The Bertz CT molecular complexity index is 490. The van der Waals surface area contributed by atoms with Gasteiger partial charge in [-0.15, -0.1) is 0 Å². The molecule has 0 aliphatic carbocycles. The summed E-state index contributed by atoms with van der Waals surface area (Å²) in [6.45, 7) is 5.95. The fourth-order valence-electron chi connectivity index (χ4n) is 2.29. The molecule has 18 heavy (non-hydrogen) atoms. The molecule has 0 unspecified atom stereocenters. The van der Waals surface area contributed by atoms with Crippen LogP contribution in [0.25, 0.3) is 10.9 Å². The zero-order chi connectivity index (χ0) is 12.8. The number of benzene rings is 1. The number of hydrogen-bond donors (Lipinski definition) is 1. The Kier molecular flexibility index (Phi) is 4.79. The van der Waals surface area contributed by atoms with Crippen molar-refractivity contribution in [2.75, 3.05) is 20.3 Å². The van der Waals surface area contributed by atoms with Crippen molar-refractivity contribution < 1.29 is 4.74 Å². The van der Waals surface area contributed by atoms with Crippen molar-refractivity contribution in [2.24, 2.45) is 0 Å². The fraction of sp³-hybridized carbons (Fsp3) is 0.467. The summed E-state index contributed by atoms with van der Waals surface area (Å²) in [4.78, 5) is 0. The smallest absolute Gasteiger partial charge is 0.0483 e. The molecule has 0 aliphatic rings. The number of ether oxygens (including phenoxy) is 1. The van der Waals surface area contributed by atoms with Gasteiger partial charge >= 0.3 is 0 Å². The van der Waals surface area contributed by atoms with Crippen LogP contribution in [0.4, 0.5) is 0 Å². The molecule has 0 bridgehead atoms. The molecule has 0 amide bonds. The van der Waals surface area contributed by atoms with Gasteiger partial charge in [0, 0.05) is 43.9 Å². The molecule has 0 radical (unpaired) electrons. The van der Waals surface area contributed by atoms with Crippen molar-refractivity contribution in [3.8, 4) is 0 Å². The number of methoxy groups -OCH3 is 1. The minimum atomic E-state index is 0.823. The Morgan fingerprint density at radius 3 is 2.89 bits per heavy atom. The maximum absolute atomic E-state index is 5.04. The molecule has 1 aromatic heterocycles. The first-order valence-electron chi connectivity index (χ1n) is 6.63. The Hall–Kier alpha value is -1.32. The second-order valence-corrected chi connectivity index (χ2v) is 4.48. The van der Waals surface area contributed by atoms with Crippen LogP contribution in [0.3, 0.4) is 0 Å². The zero-order valence-corrected chi connectivity index (χ0v) is 11.3. The van der Waals surface area contributed by atoms with Crippen LogP contribution in [0, 0.1) is 0 Å². The van der Waals surface area contributed by atoms with Crippen molar-refractivity contribution >= 4 is 10.9 Å². The van der Waals surface area contributed by atoms with Gasteiger partial charge in [-0.1, -0.05) is 18.2 Å². The number of nitrogens with zero attached hydrogens (tertiary/aromatic N) is 1. The molecule has 0 saturated carbocycles. The van der Waals surface area contributed by atoms with Gasteiger partial charge in [-0.25, -0.2) is 0 Å². The van der Waals surface area contributed by atoms with Gasteiger partial charge in [0.2, 0.25) is 0 Å². The summed E-state index contributed by atoms with van der Waals surface area (Å²) in [6, 6.07) is 8.60. The molecule has 1 aromatic carbocycles. The highest BCUT2D eigenvalue weighted by atomic mass is 16.5. The molecule has 0 atom stereocenters. The molecule has 2 aromatic rings. The largest absolute Gasteiger partial charge is 0.385 e. The summed E-state index contributed by atoms with van der Waals surface area (Å²) < 4.78 is 7.35. The minimum Gasteiger partial charge on any atom is -0.385 e. The van der Waals surface area contributed by atoms with Crippen LogP contribution in [0.2, 0.25) is 0 Å². The Morgan fingerprint density at radius 1 is 1.28 bits per heavy atom. The summed E-state index contributed by atoms with van der Waals surface area (Å²) in [6.07, 6.45) is 3.32. The standard InChI is InChI=1S/C15H22N2O/c1-3-17-12-13(11-16-9-6-10-18-2)14-7-4-5-8-15(14)17/h4-5,7-8,12,16H,3,6,9-11H2,1-2H3. The van der Waals surface area contributed by atoms with E-state index in [4.69, 9.17) is 4.74 Å². The third-order valence-electron chi connectivity index (χ3n) is 3.23. The van der Waals surface area contributed by atoms with Crippen LogP contribution >= 0.6 is 0 Å². The minimum absolute atomic E-state index is 0.823. The third-order valence-corrected chi connectivity index (χ3v) is 3.23. The zero-order valence-electron chi connectivity index (χ0n) is 11.3. The van der Waals surface area contributed by atoms with Gasteiger partial charge in [-0.05, 0) is 31.5 Å². The number of hydrogen-bond acceptors (Lipinski definition) is 2. The highest BCUT2D eigenvalue weighted by Crippen LogP contribution is 2.20. The van der Waals surface area contributed by atoms with Crippen molar-refractivity contribution in [1.82, 2.24) is 9.88 Å². The monoisotopic (exact) mass is 246 g/mol. The maximum Gasteiger partial charge on any atom is 0.0483 e. The van der Waals surface area contributed by atoms with Gasteiger partial charge in [0.05, 0.1) is 0 Å². The van der Waals surface area contributed by atoms with Gasteiger partial charge in [0.25, 0.3) is 0 Å². The van der Waals surface area contributed by atoms with Gasteiger partial charge < -0.3 is 14.6 Å². The molecule has 0 aliphatic heterocycles. The summed E-state index contributed by atoms with van der Waals surface area (Å²) in [5.74, 6) is 0. The first kappa shape index (κ1) is 13.1. The molecule has 0 fully saturated rings. The molecule has 0 saturated heterocycles. The van der Waals surface area contributed by atoms with E-state index < -0.39 is 0 Å². The van der Waals surface area contributed by atoms with Gasteiger partial charge in [0.15, 0.2) is 0 Å². The van der Waals surface area contributed by atoms with Crippen LogP contribution in [0.1, 0.15) is 18.9 Å². The fourth-order valence-corrected chi connectivity index (χ4v) is 2.29. The van der Waals surface area contributed by atoms with Crippen LogP contribution in [0.5, 0.6) is 0 Å². The van der Waals surface area contributed by atoms with Gasteiger partial charge in [-0.3, -0.25) is 0 Å². The lowest BCUT2D eigenvalue weighted by molar-refractivity contribution is 0.194. The number of para-hydroxylation sites is 1. The molecule has 2 rings (SSSR count). The molecular formula is C15H22N2O. The number of rotatable bonds is 7.